The van der Waals surface area contributed by atoms with Gasteiger partial charge in [0.25, 0.3) is 5.91 Å². The molecule has 2 N–H and O–H groups in total. The van der Waals surface area contributed by atoms with Gasteiger partial charge in [0.05, 0.1) is 18.8 Å². The summed E-state index contributed by atoms with van der Waals surface area (Å²) in [4.78, 5) is 19.8. The molecule has 2 aromatic heterocycles. The minimum absolute atomic E-state index is 0. The number of nitrogens with one attached hydrogen (secondary N) is 1. The van der Waals surface area contributed by atoms with Crippen LogP contribution in [0, 0.1) is 6.92 Å². The van der Waals surface area contributed by atoms with Crippen LogP contribution in [0.3, 0.4) is 0 Å². The van der Waals surface area contributed by atoms with Gasteiger partial charge in [-0.1, -0.05) is 32.6 Å². The average molecular weight is 419 g/mol. The number of nitrogens with zero attached hydrogens (tertiary/aromatic N) is 3. The SMILES string of the molecule is CCCCO.Cc1cc(N2CCOCC2)nc2c(C(=O)NC3CCCCC3)ccn12.[HH]. The van der Waals surface area contributed by atoms with Gasteiger partial charge in [0.2, 0.25) is 0 Å². The molecule has 0 aromatic carbocycles. The second-order valence-corrected chi connectivity index (χ2v) is 8.16. The number of morpholine rings is 1. The van der Waals surface area contributed by atoms with E-state index in [0.717, 1.165) is 69.1 Å². The standard InChI is InChI=1S/C19H26N4O2.C4H10O.H2/c1-14-13-17(22-9-11-25-12-10-22)21-18-16(7-8-23(14)18)19(24)20-15-5-3-2-4-6-15;1-2-3-4-5;/h7-8,13,15H,2-6,9-12H2,1H3,(H,20,24);5H,2-4H2,1H3;1H. The first-order valence-electron chi connectivity index (χ1n) is 11.4. The van der Waals surface area contributed by atoms with Gasteiger partial charge in [-0.3, -0.25) is 4.79 Å². The summed E-state index contributed by atoms with van der Waals surface area (Å²) < 4.78 is 7.43. The molecular weight excluding hydrogens is 380 g/mol. The van der Waals surface area contributed by atoms with Gasteiger partial charge in [-0.25, -0.2) is 4.98 Å². The van der Waals surface area contributed by atoms with Crippen molar-refractivity contribution in [3.05, 3.63) is 29.6 Å². The summed E-state index contributed by atoms with van der Waals surface area (Å²) in [5, 5.41) is 11.3. The van der Waals surface area contributed by atoms with Crippen LogP contribution in [0.15, 0.2) is 18.3 Å². The number of unbranched alkanes of at least 4 members (excludes halogenated alkanes) is 1. The van der Waals surface area contributed by atoms with Gasteiger partial charge in [0, 0.05) is 45.1 Å². The number of aliphatic hydroxyl groups is 1. The quantitative estimate of drug-likeness (QED) is 0.776. The van der Waals surface area contributed by atoms with Gasteiger partial charge in [-0.15, -0.1) is 0 Å². The fraction of sp³-hybridized carbons (Fsp3) is 0.652. The van der Waals surface area contributed by atoms with E-state index in [1.165, 1.54) is 19.3 Å². The van der Waals surface area contributed by atoms with Gasteiger partial charge < -0.3 is 24.5 Å². The van der Waals surface area contributed by atoms with Crippen molar-refractivity contribution in [2.45, 2.75) is 64.8 Å². The van der Waals surface area contributed by atoms with Crippen LogP contribution >= 0.6 is 0 Å². The van der Waals surface area contributed by atoms with Crippen molar-refractivity contribution in [3.63, 3.8) is 0 Å². The predicted molar refractivity (Wildman–Crippen MR) is 121 cm³/mol. The Morgan fingerprint density at radius 2 is 2.03 bits per heavy atom. The number of anilines is 1. The molecule has 1 aliphatic heterocycles. The molecule has 2 aliphatic rings. The average Bonchev–Trinajstić information content (AvgIpc) is 3.21. The molecule has 7 nitrogen and oxygen atoms in total. The van der Waals surface area contributed by atoms with E-state index in [1.807, 2.05) is 16.7 Å². The molecule has 1 saturated heterocycles. The monoisotopic (exact) mass is 418 g/mol. The van der Waals surface area contributed by atoms with E-state index >= 15 is 0 Å². The Kier molecular flexibility index (Phi) is 8.51. The summed E-state index contributed by atoms with van der Waals surface area (Å²) in [5.41, 5.74) is 2.50. The van der Waals surface area contributed by atoms with E-state index in [9.17, 15) is 4.79 Å². The molecule has 0 bridgehead atoms. The van der Waals surface area contributed by atoms with Crippen LogP contribution in [0.2, 0.25) is 0 Å². The van der Waals surface area contributed by atoms with Crippen molar-refractivity contribution >= 4 is 17.4 Å². The second kappa shape index (κ2) is 11.3. The van der Waals surface area contributed by atoms with Crippen molar-refractivity contribution in [1.82, 2.24) is 14.7 Å². The Labute approximate surface area is 180 Å². The number of aliphatic hydroxyl groups excluding tert-OH is 1. The minimum atomic E-state index is 0. The molecule has 1 aliphatic carbocycles. The second-order valence-electron chi connectivity index (χ2n) is 8.16. The van der Waals surface area contributed by atoms with E-state index in [-0.39, 0.29) is 7.33 Å². The molecule has 1 saturated carbocycles. The minimum Gasteiger partial charge on any atom is -0.396 e. The topological polar surface area (TPSA) is 79.1 Å². The van der Waals surface area contributed by atoms with Crippen molar-refractivity contribution in [2.75, 3.05) is 37.8 Å². The lowest BCUT2D eigenvalue weighted by molar-refractivity contribution is 0.0929. The number of hydrogen-bond acceptors (Lipinski definition) is 5. The highest BCUT2D eigenvalue weighted by Crippen LogP contribution is 2.22. The molecule has 0 radical (unpaired) electrons. The van der Waals surface area contributed by atoms with Crippen LogP contribution in [-0.4, -0.2) is 59.4 Å². The van der Waals surface area contributed by atoms with Crippen LogP contribution in [0.25, 0.3) is 5.65 Å². The molecule has 1 amide bonds. The molecule has 0 spiro atoms. The van der Waals surface area contributed by atoms with Crippen LogP contribution < -0.4 is 10.2 Å². The fourth-order valence-electron chi connectivity index (χ4n) is 4.02. The molecule has 3 heterocycles. The summed E-state index contributed by atoms with van der Waals surface area (Å²) in [6, 6.07) is 4.28. The van der Waals surface area contributed by atoms with Crippen LogP contribution in [0.4, 0.5) is 5.82 Å². The third-order valence-electron chi connectivity index (χ3n) is 5.83. The molecule has 7 heteroatoms. The number of hydrogen-bond donors (Lipinski definition) is 2. The molecule has 30 heavy (non-hydrogen) atoms. The van der Waals surface area contributed by atoms with Crippen LogP contribution in [0.5, 0.6) is 0 Å². The van der Waals surface area contributed by atoms with Crippen molar-refractivity contribution < 1.29 is 16.1 Å². The van der Waals surface area contributed by atoms with Gasteiger partial charge in [0.15, 0.2) is 5.65 Å². The first kappa shape index (κ1) is 22.6. The molecule has 2 fully saturated rings. The zero-order valence-corrected chi connectivity index (χ0v) is 18.4. The first-order chi connectivity index (χ1) is 14.6. The van der Waals surface area contributed by atoms with E-state index in [1.54, 1.807) is 0 Å². The van der Waals surface area contributed by atoms with Crippen molar-refractivity contribution in [1.29, 1.82) is 0 Å². The highest BCUT2D eigenvalue weighted by Gasteiger charge is 2.21. The van der Waals surface area contributed by atoms with Crippen LogP contribution in [-0.2, 0) is 4.74 Å². The first-order valence-corrected chi connectivity index (χ1v) is 11.4. The highest BCUT2D eigenvalue weighted by atomic mass is 16.5. The summed E-state index contributed by atoms with van der Waals surface area (Å²) in [6.07, 6.45) is 9.85. The van der Waals surface area contributed by atoms with Gasteiger partial charge in [-0.05, 0) is 32.3 Å². The van der Waals surface area contributed by atoms with Gasteiger partial charge in [-0.2, -0.15) is 0 Å². The Hall–Kier alpha value is -2.12. The zero-order chi connectivity index (χ0) is 21.3. The van der Waals surface area contributed by atoms with E-state index in [2.05, 4.69) is 30.1 Å². The lowest BCUT2D eigenvalue weighted by Gasteiger charge is -2.28. The number of ether oxygens (including phenoxy) is 1. The number of carbonyl (C=O) groups is 1. The zero-order valence-electron chi connectivity index (χ0n) is 18.4. The molecule has 0 atom stereocenters. The predicted octanol–water partition coefficient (Wildman–Crippen LogP) is 3.57. The van der Waals surface area contributed by atoms with Gasteiger partial charge >= 0.3 is 0 Å². The third-order valence-corrected chi connectivity index (χ3v) is 5.83. The lowest BCUT2D eigenvalue weighted by atomic mass is 9.95. The maximum Gasteiger partial charge on any atom is 0.255 e. The molecule has 4 rings (SSSR count). The van der Waals surface area contributed by atoms with Crippen molar-refractivity contribution in [3.8, 4) is 0 Å². The third kappa shape index (κ3) is 5.73. The summed E-state index contributed by atoms with van der Waals surface area (Å²) in [5.74, 6) is 0.930. The van der Waals surface area contributed by atoms with E-state index < -0.39 is 0 Å². The number of carbonyl (C=O) groups excluding carboxylic acids is 1. The van der Waals surface area contributed by atoms with E-state index in [0.29, 0.717) is 18.2 Å². The number of amides is 1. The number of aryl methyl sites for hydroxylation is 1. The summed E-state index contributed by atoms with van der Waals surface area (Å²) in [7, 11) is 0. The summed E-state index contributed by atoms with van der Waals surface area (Å²) >= 11 is 0. The molecule has 168 valence electrons. The number of fused-ring (bicyclic) bond motifs is 1. The lowest BCUT2D eigenvalue weighted by Crippen LogP contribution is -2.37. The Bertz CT molecular complexity index is 812. The van der Waals surface area contributed by atoms with E-state index in [4.69, 9.17) is 14.8 Å². The number of aromatic nitrogens is 2. The smallest absolute Gasteiger partial charge is 0.255 e. The fourth-order valence-corrected chi connectivity index (χ4v) is 4.02. The molecular formula is C23H38N4O3. The molecule has 2 aromatic rings. The summed E-state index contributed by atoms with van der Waals surface area (Å²) in [6.45, 7) is 7.58. The maximum atomic E-state index is 12.8. The Balaban J connectivity index is 0.000000514. The number of rotatable bonds is 5. The molecule has 0 unspecified atom stereocenters. The largest absolute Gasteiger partial charge is 0.396 e. The Morgan fingerprint density at radius 3 is 2.67 bits per heavy atom. The highest BCUT2D eigenvalue weighted by molar-refractivity contribution is 6.00. The van der Waals surface area contributed by atoms with Crippen molar-refractivity contribution in [2.24, 2.45) is 0 Å². The Morgan fingerprint density at radius 1 is 1.30 bits per heavy atom. The maximum absolute atomic E-state index is 12.8. The normalized spacial score (nSPS) is 17.5. The van der Waals surface area contributed by atoms with Crippen LogP contribution in [0.1, 0.15) is 69.3 Å². The van der Waals surface area contributed by atoms with Gasteiger partial charge in [0.1, 0.15) is 5.82 Å².